The van der Waals surface area contributed by atoms with Crippen LogP contribution in [0.25, 0.3) is 0 Å². The molecule has 20 heavy (non-hydrogen) atoms. The largest absolute Gasteiger partial charge is 0.302 e. The minimum atomic E-state index is -0.368. The predicted molar refractivity (Wildman–Crippen MR) is 76.6 cm³/mol. The molecule has 2 heterocycles. The number of rotatable bonds is 3. The van der Waals surface area contributed by atoms with Gasteiger partial charge in [-0.05, 0) is 12.1 Å². The molecule has 1 fully saturated rings. The van der Waals surface area contributed by atoms with Gasteiger partial charge in [0.15, 0.2) is 0 Å². The van der Waals surface area contributed by atoms with Crippen LogP contribution < -0.4 is 5.43 Å². The molecule has 0 aromatic heterocycles. The highest BCUT2D eigenvalue weighted by Crippen LogP contribution is 2.32. The molecule has 1 N–H and O–H groups in total. The van der Waals surface area contributed by atoms with Gasteiger partial charge >= 0.3 is 0 Å². The molecule has 106 valence electrons. The highest BCUT2D eigenvalue weighted by Gasteiger charge is 2.36. The number of hydrazone groups is 1. The van der Waals surface area contributed by atoms with Crippen molar-refractivity contribution in [3.05, 3.63) is 39.9 Å². The Morgan fingerprint density at radius 1 is 1.45 bits per heavy atom. The normalized spacial score (nSPS) is 25.8. The fraction of sp³-hybridized carbons (Fsp3) is 0.500. The SMILES string of the molecule is CCN1CCC2=NNC(c3ccc([N+](=O)[O-])cc3)C2C1. The number of benzene rings is 1. The lowest BCUT2D eigenvalue weighted by molar-refractivity contribution is -0.384. The maximum absolute atomic E-state index is 10.7. The minimum absolute atomic E-state index is 0.131. The van der Waals surface area contributed by atoms with Crippen molar-refractivity contribution in [3.8, 4) is 0 Å². The summed E-state index contributed by atoms with van der Waals surface area (Å²) in [7, 11) is 0. The number of likely N-dealkylation sites (tertiary alicyclic amines) is 1. The minimum Gasteiger partial charge on any atom is -0.302 e. The van der Waals surface area contributed by atoms with Crippen LogP contribution in [-0.4, -0.2) is 35.2 Å². The second-order valence-electron chi connectivity index (χ2n) is 5.31. The standard InChI is InChI=1S/C14H18N4O2/c1-2-17-8-7-13-12(9-17)14(16-15-13)10-3-5-11(6-4-10)18(19)20/h3-6,12,14,16H,2,7-9H2,1H3. The Kier molecular flexibility index (Phi) is 3.40. The van der Waals surface area contributed by atoms with E-state index >= 15 is 0 Å². The third kappa shape index (κ3) is 2.27. The van der Waals surface area contributed by atoms with Gasteiger partial charge in [0.05, 0.1) is 11.0 Å². The van der Waals surface area contributed by atoms with Gasteiger partial charge < -0.3 is 10.3 Å². The Bertz CT molecular complexity index is 541. The number of piperidine rings is 1. The Morgan fingerprint density at radius 2 is 2.20 bits per heavy atom. The second-order valence-corrected chi connectivity index (χ2v) is 5.31. The molecule has 6 heteroatoms. The molecule has 2 unspecified atom stereocenters. The molecule has 0 bridgehead atoms. The van der Waals surface area contributed by atoms with Crippen LogP contribution in [0.1, 0.15) is 24.9 Å². The molecule has 2 atom stereocenters. The van der Waals surface area contributed by atoms with E-state index < -0.39 is 0 Å². The maximum Gasteiger partial charge on any atom is 0.269 e. The lowest BCUT2D eigenvalue weighted by atomic mass is 9.86. The summed E-state index contributed by atoms with van der Waals surface area (Å²) in [5, 5.41) is 15.2. The number of hydrogen-bond acceptors (Lipinski definition) is 5. The summed E-state index contributed by atoms with van der Waals surface area (Å²) in [5.74, 6) is 0.380. The average Bonchev–Trinajstić information content (AvgIpc) is 2.90. The lowest BCUT2D eigenvalue weighted by Crippen LogP contribution is -2.41. The summed E-state index contributed by atoms with van der Waals surface area (Å²) in [4.78, 5) is 12.8. The Labute approximate surface area is 117 Å². The molecule has 0 saturated carbocycles. The van der Waals surface area contributed by atoms with E-state index in [1.54, 1.807) is 12.1 Å². The van der Waals surface area contributed by atoms with Crippen LogP contribution in [0, 0.1) is 16.0 Å². The Hall–Kier alpha value is -1.95. The fourth-order valence-corrected chi connectivity index (χ4v) is 3.01. The first-order chi connectivity index (χ1) is 9.69. The third-order valence-electron chi connectivity index (χ3n) is 4.23. The molecule has 2 aliphatic rings. The van der Waals surface area contributed by atoms with E-state index in [2.05, 4.69) is 22.4 Å². The van der Waals surface area contributed by atoms with Gasteiger partial charge in [-0.25, -0.2) is 0 Å². The zero-order valence-electron chi connectivity index (χ0n) is 11.5. The molecule has 1 aromatic carbocycles. The Balaban J connectivity index is 1.79. The molecule has 2 aliphatic heterocycles. The first-order valence-electron chi connectivity index (χ1n) is 6.97. The Morgan fingerprint density at radius 3 is 2.85 bits per heavy atom. The quantitative estimate of drug-likeness (QED) is 0.675. The maximum atomic E-state index is 10.7. The fourth-order valence-electron chi connectivity index (χ4n) is 3.01. The number of nitro benzene ring substituents is 1. The van der Waals surface area contributed by atoms with Crippen LogP contribution in [0.3, 0.4) is 0 Å². The van der Waals surface area contributed by atoms with Gasteiger partial charge in [0.1, 0.15) is 0 Å². The highest BCUT2D eigenvalue weighted by molar-refractivity contribution is 5.89. The molecule has 0 aliphatic carbocycles. The van der Waals surface area contributed by atoms with E-state index in [9.17, 15) is 10.1 Å². The van der Waals surface area contributed by atoms with Gasteiger partial charge in [-0.2, -0.15) is 5.10 Å². The molecule has 0 amide bonds. The average molecular weight is 274 g/mol. The number of hydrogen-bond donors (Lipinski definition) is 1. The van der Waals surface area contributed by atoms with Crippen molar-refractivity contribution >= 4 is 11.4 Å². The van der Waals surface area contributed by atoms with Crippen molar-refractivity contribution in [1.82, 2.24) is 10.3 Å². The predicted octanol–water partition coefficient (Wildman–Crippen LogP) is 1.94. The zero-order chi connectivity index (χ0) is 14.1. The molecule has 3 rings (SSSR count). The summed E-state index contributed by atoms with van der Waals surface area (Å²) in [6.07, 6.45) is 1.01. The lowest BCUT2D eigenvalue weighted by Gasteiger charge is -2.32. The van der Waals surface area contributed by atoms with Crippen LogP contribution in [0.15, 0.2) is 29.4 Å². The smallest absolute Gasteiger partial charge is 0.269 e. The summed E-state index contributed by atoms with van der Waals surface area (Å²) in [6.45, 7) is 5.30. The van der Waals surface area contributed by atoms with E-state index in [-0.39, 0.29) is 16.7 Å². The van der Waals surface area contributed by atoms with Gasteiger partial charge in [0.2, 0.25) is 0 Å². The number of nitro groups is 1. The van der Waals surface area contributed by atoms with Crippen LogP contribution in [0.5, 0.6) is 0 Å². The highest BCUT2D eigenvalue weighted by atomic mass is 16.6. The van der Waals surface area contributed by atoms with Crippen molar-refractivity contribution in [2.75, 3.05) is 19.6 Å². The van der Waals surface area contributed by atoms with E-state index in [0.717, 1.165) is 31.6 Å². The van der Waals surface area contributed by atoms with Crippen LogP contribution in [0.2, 0.25) is 0 Å². The first-order valence-corrected chi connectivity index (χ1v) is 6.97. The monoisotopic (exact) mass is 274 g/mol. The summed E-state index contributed by atoms with van der Waals surface area (Å²) < 4.78 is 0. The van der Waals surface area contributed by atoms with Crippen molar-refractivity contribution in [1.29, 1.82) is 0 Å². The molecular weight excluding hydrogens is 256 g/mol. The number of nitrogens with zero attached hydrogens (tertiary/aromatic N) is 3. The second kappa shape index (κ2) is 5.20. The van der Waals surface area contributed by atoms with Crippen molar-refractivity contribution in [2.24, 2.45) is 11.0 Å². The topological polar surface area (TPSA) is 70.8 Å². The van der Waals surface area contributed by atoms with Crippen molar-refractivity contribution in [3.63, 3.8) is 0 Å². The molecule has 1 saturated heterocycles. The first kappa shape index (κ1) is 13.1. The zero-order valence-corrected chi connectivity index (χ0v) is 11.5. The van der Waals surface area contributed by atoms with Crippen LogP contribution >= 0.6 is 0 Å². The van der Waals surface area contributed by atoms with Gasteiger partial charge in [-0.1, -0.05) is 19.1 Å². The summed E-state index contributed by atoms with van der Waals surface area (Å²) in [5.41, 5.74) is 5.63. The van der Waals surface area contributed by atoms with Gasteiger partial charge in [0, 0.05) is 43.3 Å². The van der Waals surface area contributed by atoms with Gasteiger partial charge in [-0.15, -0.1) is 0 Å². The van der Waals surface area contributed by atoms with Crippen molar-refractivity contribution < 1.29 is 4.92 Å². The molecular formula is C14H18N4O2. The summed E-state index contributed by atoms with van der Waals surface area (Å²) in [6, 6.07) is 6.93. The number of non-ortho nitro benzene ring substituents is 1. The molecule has 6 nitrogen and oxygen atoms in total. The van der Waals surface area contributed by atoms with Gasteiger partial charge in [0.25, 0.3) is 5.69 Å². The molecule has 0 spiro atoms. The van der Waals surface area contributed by atoms with Crippen LogP contribution in [0.4, 0.5) is 5.69 Å². The molecule has 1 aromatic rings. The summed E-state index contributed by atoms with van der Waals surface area (Å²) >= 11 is 0. The van der Waals surface area contributed by atoms with Crippen molar-refractivity contribution in [2.45, 2.75) is 19.4 Å². The van der Waals surface area contributed by atoms with Crippen LogP contribution in [-0.2, 0) is 0 Å². The van der Waals surface area contributed by atoms with E-state index in [4.69, 9.17) is 0 Å². The number of nitrogens with one attached hydrogen (secondary N) is 1. The number of fused-ring (bicyclic) bond motifs is 1. The molecule has 0 radical (unpaired) electrons. The van der Waals surface area contributed by atoms with E-state index in [1.165, 1.54) is 5.71 Å². The van der Waals surface area contributed by atoms with Gasteiger partial charge in [-0.3, -0.25) is 10.1 Å². The van der Waals surface area contributed by atoms with E-state index in [0.29, 0.717) is 5.92 Å². The third-order valence-corrected chi connectivity index (χ3v) is 4.23. The van der Waals surface area contributed by atoms with E-state index in [1.807, 2.05) is 12.1 Å².